The third-order valence-electron chi connectivity index (χ3n) is 5.80. The molecule has 182 valence electrons. The zero-order valence-electron chi connectivity index (χ0n) is 20.4. The molecule has 0 radical (unpaired) electrons. The van der Waals surface area contributed by atoms with Gasteiger partial charge in [0.15, 0.2) is 5.54 Å². The lowest BCUT2D eigenvalue weighted by molar-refractivity contribution is -0.154. The van der Waals surface area contributed by atoms with Crippen LogP contribution < -0.4 is 5.32 Å². The molecule has 0 aliphatic carbocycles. The van der Waals surface area contributed by atoms with Crippen LogP contribution in [0.5, 0.6) is 0 Å². The topological polar surface area (TPSA) is 84.9 Å². The van der Waals surface area contributed by atoms with Crippen LogP contribution in [-0.4, -0.2) is 48.2 Å². The molecule has 0 spiro atoms. The Morgan fingerprint density at radius 2 is 1.41 bits per heavy atom. The van der Waals surface area contributed by atoms with E-state index in [0.29, 0.717) is 37.1 Å². The molecule has 7 heteroatoms. The standard InChI is InChI=1S/C27H34N2O5/c1-20(30)28-27(22-11-7-5-8-12-22,23-13-9-6-10-14-23)24(31)33-19-21-15-17-29(18-16-21)25(32)34-26(2,3)4/h5-14,21H,15-19H2,1-4H3,(H,28,30). The first-order valence-corrected chi connectivity index (χ1v) is 11.7. The SMILES string of the molecule is CC(=O)NC(C(=O)OCC1CCN(C(=O)OC(C)(C)C)CC1)(c1ccccc1)c1ccccc1. The average Bonchev–Trinajstić information content (AvgIpc) is 2.81. The van der Waals surface area contributed by atoms with Crippen LogP contribution >= 0.6 is 0 Å². The molecule has 1 aliphatic heterocycles. The summed E-state index contributed by atoms with van der Waals surface area (Å²) in [6.07, 6.45) is 1.09. The number of carbonyl (C=O) groups is 3. The fraction of sp³-hybridized carbons (Fsp3) is 0.444. The van der Waals surface area contributed by atoms with Gasteiger partial charge in [-0.05, 0) is 50.7 Å². The summed E-state index contributed by atoms with van der Waals surface area (Å²) in [5.74, 6) is -0.755. The van der Waals surface area contributed by atoms with Crippen molar-refractivity contribution in [1.82, 2.24) is 10.2 Å². The molecule has 0 aromatic heterocycles. The maximum atomic E-state index is 13.7. The van der Waals surface area contributed by atoms with Gasteiger partial charge in [0.25, 0.3) is 0 Å². The van der Waals surface area contributed by atoms with Gasteiger partial charge >= 0.3 is 12.1 Å². The van der Waals surface area contributed by atoms with Crippen molar-refractivity contribution in [2.45, 2.75) is 51.7 Å². The third-order valence-corrected chi connectivity index (χ3v) is 5.80. The van der Waals surface area contributed by atoms with Crippen LogP contribution in [0.2, 0.25) is 0 Å². The van der Waals surface area contributed by atoms with E-state index < -0.39 is 17.1 Å². The quantitative estimate of drug-likeness (QED) is 0.643. The molecule has 0 unspecified atom stereocenters. The van der Waals surface area contributed by atoms with Crippen molar-refractivity contribution in [3.8, 4) is 0 Å². The predicted octanol–water partition coefficient (Wildman–Crippen LogP) is 4.26. The van der Waals surface area contributed by atoms with Crippen LogP contribution in [0.25, 0.3) is 0 Å². The van der Waals surface area contributed by atoms with Crippen LogP contribution in [0.15, 0.2) is 60.7 Å². The van der Waals surface area contributed by atoms with Crippen molar-refractivity contribution in [2.75, 3.05) is 19.7 Å². The smallest absolute Gasteiger partial charge is 0.410 e. The van der Waals surface area contributed by atoms with Gasteiger partial charge in [-0.1, -0.05) is 60.7 Å². The Kier molecular flexibility index (Phi) is 7.97. The molecule has 1 aliphatic rings. The van der Waals surface area contributed by atoms with Crippen LogP contribution in [0.3, 0.4) is 0 Å². The summed E-state index contributed by atoms with van der Waals surface area (Å²) >= 11 is 0. The van der Waals surface area contributed by atoms with E-state index in [4.69, 9.17) is 9.47 Å². The van der Waals surface area contributed by atoms with Gasteiger partial charge in [-0.3, -0.25) is 4.79 Å². The van der Waals surface area contributed by atoms with Crippen molar-refractivity contribution in [1.29, 1.82) is 0 Å². The van der Waals surface area contributed by atoms with E-state index in [9.17, 15) is 14.4 Å². The highest BCUT2D eigenvalue weighted by Gasteiger charge is 2.45. The first-order valence-electron chi connectivity index (χ1n) is 11.7. The van der Waals surface area contributed by atoms with E-state index in [1.807, 2.05) is 81.4 Å². The minimum atomic E-state index is -1.45. The van der Waals surface area contributed by atoms with Gasteiger partial charge in [-0.15, -0.1) is 0 Å². The highest BCUT2D eigenvalue weighted by atomic mass is 16.6. The highest BCUT2D eigenvalue weighted by Crippen LogP contribution is 2.32. The molecule has 2 aromatic carbocycles. The molecule has 1 heterocycles. The number of nitrogens with one attached hydrogen (secondary N) is 1. The molecule has 2 amide bonds. The van der Waals surface area contributed by atoms with E-state index in [-0.39, 0.29) is 24.5 Å². The molecular formula is C27H34N2O5. The van der Waals surface area contributed by atoms with Crippen LogP contribution in [0, 0.1) is 5.92 Å². The van der Waals surface area contributed by atoms with E-state index in [1.54, 1.807) is 4.90 Å². The molecule has 1 fully saturated rings. The van der Waals surface area contributed by atoms with Crippen molar-refractivity contribution >= 4 is 18.0 Å². The third kappa shape index (κ3) is 6.16. The van der Waals surface area contributed by atoms with Gasteiger partial charge < -0.3 is 19.7 Å². The lowest BCUT2D eigenvalue weighted by Crippen LogP contribution is -2.53. The Morgan fingerprint density at radius 1 is 0.912 bits per heavy atom. The van der Waals surface area contributed by atoms with Gasteiger partial charge in [0, 0.05) is 20.0 Å². The lowest BCUT2D eigenvalue weighted by atomic mass is 9.82. The minimum Gasteiger partial charge on any atom is -0.463 e. The number of ether oxygens (including phenoxy) is 2. The predicted molar refractivity (Wildman–Crippen MR) is 129 cm³/mol. The zero-order valence-corrected chi connectivity index (χ0v) is 20.4. The summed E-state index contributed by atoms with van der Waals surface area (Å²) in [6, 6.07) is 18.3. The highest BCUT2D eigenvalue weighted by molar-refractivity contribution is 5.92. The summed E-state index contributed by atoms with van der Waals surface area (Å²) < 4.78 is 11.3. The summed E-state index contributed by atoms with van der Waals surface area (Å²) in [4.78, 5) is 39.9. The second-order valence-corrected chi connectivity index (χ2v) is 9.67. The fourth-order valence-electron chi connectivity index (χ4n) is 4.15. The van der Waals surface area contributed by atoms with Gasteiger partial charge in [-0.25, -0.2) is 9.59 Å². The maximum Gasteiger partial charge on any atom is 0.410 e. The summed E-state index contributed by atoms with van der Waals surface area (Å²) in [5, 5.41) is 2.87. The van der Waals surface area contributed by atoms with Gasteiger partial charge in [0.2, 0.25) is 5.91 Å². The molecule has 0 saturated carbocycles. The Hall–Kier alpha value is -3.35. The van der Waals surface area contributed by atoms with Crippen LogP contribution in [-0.2, 0) is 24.6 Å². The summed E-state index contributed by atoms with van der Waals surface area (Å²) in [5.41, 5.74) is -0.737. The Bertz CT molecular complexity index is 938. The van der Waals surface area contributed by atoms with Crippen molar-refractivity contribution in [3.63, 3.8) is 0 Å². The van der Waals surface area contributed by atoms with E-state index in [2.05, 4.69) is 5.32 Å². The molecule has 1 N–H and O–H groups in total. The number of amides is 2. The molecule has 34 heavy (non-hydrogen) atoms. The monoisotopic (exact) mass is 466 g/mol. The molecule has 7 nitrogen and oxygen atoms in total. The number of carbonyl (C=O) groups excluding carboxylic acids is 3. The molecule has 0 atom stereocenters. The van der Waals surface area contributed by atoms with E-state index in [0.717, 1.165) is 0 Å². The number of nitrogens with zero attached hydrogens (tertiary/aromatic N) is 1. The first kappa shape index (κ1) is 25.3. The Morgan fingerprint density at radius 3 is 1.85 bits per heavy atom. The number of esters is 1. The van der Waals surface area contributed by atoms with Crippen LogP contribution in [0.4, 0.5) is 4.79 Å². The molecular weight excluding hydrogens is 432 g/mol. The summed E-state index contributed by atoms with van der Waals surface area (Å²) in [7, 11) is 0. The van der Waals surface area contributed by atoms with E-state index in [1.165, 1.54) is 6.92 Å². The van der Waals surface area contributed by atoms with Gasteiger partial charge in [0.1, 0.15) is 5.60 Å². The average molecular weight is 467 g/mol. The normalized spacial score (nSPS) is 14.9. The first-order chi connectivity index (χ1) is 16.1. The zero-order chi connectivity index (χ0) is 24.8. The number of likely N-dealkylation sites (tertiary alicyclic amines) is 1. The summed E-state index contributed by atoms with van der Waals surface area (Å²) in [6.45, 7) is 8.23. The van der Waals surface area contributed by atoms with E-state index >= 15 is 0 Å². The number of rotatable bonds is 6. The van der Waals surface area contributed by atoms with Crippen molar-refractivity contribution in [3.05, 3.63) is 71.8 Å². The second kappa shape index (κ2) is 10.7. The largest absolute Gasteiger partial charge is 0.463 e. The number of hydrogen-bond acceptors (Lipinski definition) is 5. The minimum absolute atomic E-state index is 0.115. The van der Waals surface area contributed by atoms with Crippen molar-refractivity contribution in [2.24, 2.45) is 5.92 Å². The Balaban J connectivity index is 1.74. The van der Waals surface area contributed by atoms with Gasteiger partial charge in [0.05, 0.1) is 6.61 Å². The number of benzene rings is 2. The molecule has 0 bridgehead atoms. The van der Waals surface area contributed by atoms with Crippen molar-refractivity contribution < 1.29 is 23.9 Å². The maximum absolute atomic E-state index is 13.7. The second-order valence-electron chi connectivity index (χ2n) is 9.67. The number of piperidine rings is 1. The molecule has 2 aromatic rings. The number of hydrogen-bond donors (Lipinski definition) is 1. The fourth-order valence-corrected chi connectivity index (χ4v) is 4.15. The molecule has 3 rings (SSSR count). The molecule has 1 saturated heterocycles. The lowest BCUT2D eigenvalue weighted by Gasteiger charge is -2.35. The van der Waals surface area contributed by atoms with Gasteiger partial charge in [-0.2, -0.15) is 0 Å². The Labute approximate surface area is 201 Å². The van der Waals surface area contributed by atoms with Crippen LogP contribution in [0.1, 0.15) is 51.7 Å².